The van der Waals surface area contributed by atoms with Gasteiger partial charge in [0, 0.05) is 18.8 Å². The van der Waals surface area contributed by atoms with E-state index in [0.29, 0.717) is 18.2 Å². The number of carbonyl (C=O) groups is 1. The second-order valence-corrected chi connectivity index (χ2v) is 8.41. The third-order valence-electron chi connectivity index (χ3n) is 3.49. The molecule has 10 heteroatoms. The summed E-state index contributed by atoms with van der Waals surface area (Å²) in [5, 5.41) is 6.61. The quantitative estimate of drug-likeness (QED) is 0.682. The number of carbonyl (C=O) groups excluding carboxylic acids is 1. The Hall–Kier alpha value is -2.13. The average Bonchev–Trinajstić information content (AvgIpc) is 2.98. The molecule has 0 radical (unpaired) electrons. The fourth-order valence-corrected chi connectivity index (χ4v) is 3.50. The summed E-state index contributed by atoms with van der Waals surface area (Å²) in [5.74, 6) is 0.441. The number of hydrogen-bond donors (Lipinski definition) is 1. The summed E-state index contributed by atoms with van der Waals surface area (Å²) in [6.07, 6.45) is 1.93. The SMILES string of the molecule is Cc1cc(N(CC(=O)NCCC(C)C)S(=O)(=O)c2ccc(Cl)nc2)no1. The average molecular weight is 401 g/mol. The van der Waals surface area contributed by atoms with Gasteiger partial charge in [0.1, 0.15) is 22.4 Å². The molecule has 0 unspecified atom stereocenters. The van der Waals surface area contributed by atoms with Crippen molar-refractivity contribution in [3.05, 3.63) is 35.3 Å². The zero-order chi connectivity index (χ0) is 19.3. The van der Waals surface area contributed by atoms with Gasteiger partial charge in [-0.1, -0.05) is 30.6 Å². The van der Waals surface area contributed by atoms with E-state index in [1.54, 1.807) is 6.92 Å². The highest BCUT2D eigenvalue weighted by molar-refractivity contribution is 7.92. The highest BCUT2D eigenvalue weighted by Gasteiger charge is 2.29. The molecule has 2 aromatic heterocycles. The molecule has 0 saturated heterocycles. The summed E-state index contributed by atoms with van der Waals surface area (Å²) in [6, 6.07) is 4.13. The lowest BCUT2D eigenvalue weighted by Crippen LogP contribution is -2.41. The monoisotopic (exact) mass is 400 g/mol. The molecule has 0 atom stereocenters. The lowest BCUT2D eigenvalue weighted by molar-refractivity contribution is -0.119. The standard InChI is InChI=1S/C16H21ClN4O4S/c1-11(2)6-7-18-16(22)10-21(15-8-12(3)25-20-15)26(23,24)13-4-5-14(17)19-9-13/h4-5,8-9,11H,6-7,10H2,1-3H3,(H,18,22). The van der Waals surface area contributed by atoms with Crippen LogP contribution in [-0.2, 0) is 14.8 Å². The molecule has 0 aromatic carbocycles. The number of hydrogen-bond acceptors (Lipinski definition) is 6. The minimum atomic E-state index is -4.07. The summed E-state index contributed by atoms with van der Waals surface area (Å²) in [5.41, 5.74) is 0. The first-order chi connectivity index (χ1) is 12.2. The molecule has 2 rings (SSSR count). The molecule has 0 spiro atoms. The molecular weight excluding hydrogens is 380 g/mol. The molecular formula is C16H21ClN4O4S. The number of aryl methyl sites for hydroxylation is 1. The molecule has 0 fully saturated rings. The smallest absolute Gasteiger partial charge is 0.267 e. The number of nitrogens with zero attached hydrogens (tertiary/aromatic N) is 3. The first kappa shape index (κ1) is 20.2. The van der Waals surface area contributed by atoms with Gasteiger partial charge < -0.3 is 9.84 Å². The van der Waals surface area contributed by atoms with E-state index in [-0.39, 0.29) is 15.9 Å². The van der Waals surface area contributed by atoms with Crippen LogP contribution in [0, 0.1) is 12.8 Å². The molecule has 0 saturated carbocycles. The van der Waals surface area contributed by atoms with Gasteiger partial charge in [-0.05, 0) is 31.4 Å². The molecule has 26 heavy (non-hydrogen) atoms. The summed E-state index contributed by atoms with van der Waals surface area (Å²) in [6.45, 7) is 5.75. The van der Waals surface area contributed by atoms with Crippen molar-refractivity contribution in [3.8, 4) is 0 Å². The zero-order valence-corrected chi connectivity index (χ0v) is 16.3. The fraction of sp³-hybridized carbons (Fsp3) is 0.438. The van der Waals surface area contributed by atoms with Gasteiger partial charge in [0.2, 0.25) is 5.91 Å². The largest absolute Gasteiger partial charge is 0.360 e. The molecule has 2 heterocycles. The number of aromatic nitrogens is 2. The number of nitrogens with one attached hydrogen (secondary N) is 1. The van der Waals surface area contributed by atoms with Crippen molar-refractivity contribution in [2.45, 2.75) is 32.1 Å². The second-order valence-electron chi connectivity index (χ2n) is 6.16. The van der Waals surface area contributed by atoms with Crippen LogP contribution in [0.1, 0.15) is 26.0 Å². The van der Waals surface area contributed by atoms with Gasteiger partial charge in [-0.2, -0.15) is 0 Å². The maximum atomic E-state index is 13.0. The third-order valence-corrected chi connectivity index (χ3v) is 5.45. The first-order valence-electron chi connectivity index (χ1n) is 8.04. The Bertz CT molecular complexity index is 849. The Morgan fingerprint density at radius 2 is 2.12 bits per heavy atom. The molecule has 0 aliphatic rings. The topological polar surface area (TPSA) is 105 Å². The second kappa shape index (κ2) is 8.50. The fourth-order valence-electron chi connectivity index (χ4n) is 2.09. The summed E-state index contributed by atoms with van der Waals surface area (Å²) < 4.78 is 31.8. The van der Waals surface area contributed by atoms with Crippen LogP contribution >= 0.6 is 11.6 Å². The van der Waals surface area contributed by atoms with Crippen molar-refractivity contribution >= 4 is 33.3 Å². The van der Waals surface area contributed by atoms with Gasteiger partial charge in [-0.3, -0.25) is 4.79 Å². The lowest BCUT2D eigenvalue weighted by atomic mass is 10.1. The first-order valence-corrected chi connectivity index (χ1v) is 9.86. The molecule has 0 aliphatic heterocycles. The van der Waals surface area contributed by atoms with Crippen LogP contribution in [0.25, 0.3) is 0 Å². The van der Waals surface area contributed by atoms with Crippen molar-refractivity contribution in [1.29, 1.82) is 0 Å². The third kappa shape index (κ3) is 5.18. The summed E-state index contributed by atoms with van der Waals surface area (Å²) in [7, 11) is -4.07. The van der Waals surface area contributed by atoms with Gasteiger partial charge in [0.15, 0.2) is 5.82 Å². The summed E-state index contributed by atoms with van der Waals surface area (Å²) in [4.78, 5) is 15.9. The van der Waals surface area contributed by atoms with E-state index in [1.807, 2.05) is 13.8 Å². The van der Waals surface area contributed by atoms with E-state index < -0.39 is 22.5 Å². The van der Waals surface area contributed by atoms with E-state index >= 15 is 0 Å². The molecule has 0 bridgehead atoms. The Labute approximate surface area is 157 Å². The Morgan fingerprint density at radius 1 is 1.38 bits per heavy atom. The lowest BCUT2D eigenvalue weighted by Gasteiger charge is -2.21. The zero-order valence-electron chi connectivity index (χ0n) is 14.8. The van der Waals surface area contributed by atoms with Gasteiger partial charge >= 0.3 is 0 Å². The van der Waals surface area contributed by atoms with Crippen LogP contribution in [-0.4, -0.2) is 37.6 Å². The van der Waals surface area contributed by atoms with Crippen molar-refractivity contribution < 1.29 is 17.7 Å². The van der Waals surface area contributed by atoms with Crippen LogP contribution in [0.4, 0.5) is 5.82 Å². The van der Waals surface area contributed by atoms with E-state index in [1.165, 1.54) is 18.2 Å². The Balaban J connectivity index is 2.26. The van der Waals surface area contributed by atoms with Crippen molar-refractivity contribution in [1.82, 2.24) is 15.5 Å². The maximum Gasteiger partial charge on any atom is 0.267 e. The normalized spacial score (nSPS) is 11.6. The number of sulfonamides is 1. The van der Waals surface area contributed by atoms with E-state index in [0.717, 1.165) is 16.9 Å². The molecule has 1 amide bonds. The van der Waals surface area contributed by atoms with Gasteiger partial charge in [-0.15, -0.1) is 0 Å². The molecule has 2 aromatic rings. The number of amides is 1. The van der Waals surface area contributed by atoms with Crippen LogP contribution in [0.5, 0.6) is 0 Å². The van der Waals surface area contributed by atoms with Crippen LogP contribution in [0.2, 0.25) is 5.15 Å². The molecule has 1 N–H and O–H groups in total. The highest BCUT2D eigenvalue weighted by Crippen LogP contribution is 2.23. The van der Waals surface area contributed by atoms with Gasteiger partial charge in [0.05, 0.1) is 0 Å². The van der Waals surface area contributed by atoms with Crippen LogP contribution < -0.4 is 9.62 Å². The molecule has 142 valence electrons. The predicted octanol–water partition coefficient (Wildman–Crippen LogP) is 2.39. The van der Waals surface area contributed by atoms with Crippen molar-refractivity contribution in [2.75, 3.05) is 17.4 Å². The van der Waals surface area contributed by atoms with E-state index in [4.69, 9.17) is 16.1 Å². The Kier molecular flexibility index (Phi) is 6.60. The number of anilines is 1. The number of pyridine rings is 1. The van der Waals surface area contributed by atoms with Gasteiger partial charge in [-0.25, -0.2) is 17.7 Å². The predicted molar refractivity (Wildman–Crippen MR) is 97.5 cm³/mol. The van der Waals surface area contributed by atoms with E-state index in [2.05, 4.69) is 15.5 Å². The van der Waals surface area contributed by atoms with Crippen LogP contribution in [0.3, 0.4) is 0 Å². The summed E-state index contributed by atoms with van der Waals surface area (Å²) >= 11 is 5.72. The molecule has 8 nitrogen and oxygen atoms in total. The molecule has 0 aliphatic carbocycles. The maximum absolute atomic E-state index is 13.0. The number of rotatable bonds is 8. The van der Waals surface area contributed by atoms with Crippen molar-refractivity contribution in [2.24, 2.45) is 5.92 Å². The highest BCUT2D eigenvalue weighted by atomic mass is 35.5. The van der Waals surface area contributed by atoms with Gasteiger partial charge in [0.25, 0.3) is 10.0 Å². The minimum Gasteiger partial charge on any atom is -0.360 e. The van der Waals surface area contributed by atoms with Crippen LogP contribution in [0.15, 0.2) is 33.8 Å². The number of halogens is 1. The Morgan fingerprint density at radius 3 is 2.65 bits per heavy atom. The minimum absolute atomic E-state index is 0.0245. The van der Waals surface area contributed by atoms with E-state index in [9.17, 15) is 13.2 Å². The van der Waals surface area contributed by atoms with Crippen molar-refractivity contribution in [3.63, 3.8) is 0 Å².